The van der Waals surface area contributed by atoms with Gasteiger partial charge in [0.1, 0.15) is 6.33 Å². The highest BCUT2D eigenvalue weighted by molar-refractivity contribution is 5.23. The van der Waals surface area contributed by atoms with Crippen molar-refractivity contribution < 1.29 is 4.39 Å². The van der Waals surface area contributed by atoms with E-state index in [2.05, 4.69) is 25.3 Å². The first-order valence-corrected chi connectivity index (χ1v) is 4.31. The number of hydrogen-bond donors (Lipinski definition) is 1. The van der Waals surface area contributed by atoms with E-state index in [1.54, 1.807) is 12.3 Å². The SMILES string of the molecule is Fc1cnc(NCc2ccncn2)nc1. The molecule has 0 unspecified atom stereocenters. The summed E-state index contributed by atoms with van der Waals surface area (Å²) < 4.78 is 12.5. The molecule has 0 radical (unpaired) electrons. The Morgan fingerprint density at radius 3 is 2.67 bits per heavy atom. The molecule has 0 atom stereocenters. The molecular formula is C9H8FN5. The van der Waals surface area contributed by atoms with Crippen molar-refractivity contribution in [2.75, 3.05) is 5.32 Å². The molecule has 1 N–H and O–H groups in total. The first-order chi connectivity index (χ1) is 7.34. The quantitative estimate of drug-likeness (QED) is 0.810. The van der Waals surface area contributed by atoms with Crippen LogP contribution in [-0.4, -0.2) is 19.9 Å². The van der Waals surface area contributed by atoms with E-state index >= 15 is 0 Å². The number of nitrogens with one attached hydrogen (secondary N) is 1. The lowest BCUT2D eigenvalue weighted by atomic mass is 10.4. The summed E-state index contributed by atoms with van der Waals surface area (Å²) in [6, 6.07) is 1.77. The van der Waals surface area contributed by atoms with Crippen LogP contribution >= 0.6 is 0 Å². The van der Waals surface area contributed by atoms with Gasteiger partial charge in [-0.2, -0.15) is 0 Å². The van der Waals surface area contributed by atoms with Gasteiger partial charge in [0.25, 0.3) is 0 Å². The van der Waals surface area contributed by atoms with Crippen LogP contribution in [0, 0.1) is 5.82 Å². The summed E-state index contributed by atoms with van der Waals surface area (Å²) in [6.07, 6.45) is 5.32. The first-order valence-electron chi connectivity index (χ1n) is 4.31. The molecule has 0 aromatic carbocycles. The van der Waals surface area contributed by atoms with Gasteiger partial charge in [-0.05, 0) is 6.07 Å². The van der Waals surface area contributed by atoms with Crippen LogP contribution in [0.15, 0.2) is 31.0 Å². The summed E-state index contributed by atoms with van der Waals surface area (Å²) in [5.74, 6) is -0.0856. The van der Waals surface area contributed by atoms with Crippen molar-refractivity contribution >= 4 is 5.95 Å². The summed E-state index contributed by atoms with van der Waals surface area (Å²) in [5, 5.41) is 2.91. The van der Waals surface area contributed by atoms with Gasteiger partial charge in [-0.1, -0.05) is 0 Å². The second-order valence-electron chi connectivity index (χ2n) is 2.78. The molecule has 2 aromatic heterocycles. The third-order valence-corrected chi connectivity index (χ3v) is 1.69. The molecule has 76 valence electrons. The molecular weight excluding hydrogens is 197 g/mol. The van der Waals surface area contributed by atoms with Crippen LogP contribution in [0.1, 0.15) is 5.69 Å². The molecule has 0 saturated heterocycles. The van der Waals surface area contributed by atoms with Crippen LogP contribution in [0.2, 0.25) is 0 Å². The minimum atomic E-state index is -0.456. The molecule has 0 aliphatic heterocycles. The van der Waals surface area contributed by atoms with Crippen LogP contribution in [0.4, 0.5) is 10.3 Å². The molecule has 0 saturated carbocycles. The smallest absolute Gasteiger partial charge is 0.223 e. The average molecular weight is 205 g/mol. The summed E-state index contributed by atoms with van der Waals surface area (Å²) in [4.78, 5) is 15.3. The molecule has 0 spiro atoms. The molecule has 2 aromatic rings. The lowest BCUT2D eigenvalue weighted by Crippen LogP contribution is -2.04. The number of rotatable bonds is 3. The molecule has 0 amide bonds. The maximum atomic E-state index is 12.5. The van der Waals surface area contributed by atoms with Crippen molar-refractivity contribution in [3.8, 4) is 0 Å². The summed E-state index contributed by atoms with van der Waals surface area (Å²) in [6.45, 7) is 0.480. The summed E-state index contributed by atoms with van der Waals surface area (Å²) in [5.41, 5.74) is 0.818. The molecule has 6 heteroatoms. The van der Waals surface area contributed by atoms with E-state index in [1.807, 2.05) is 0 Å². The van der Waals surface area contributed by atoms with Gasteiger partial charge in [-0.25, -0.2) is 24.3 Å². The predicted octanol–water partition coefficient (Wildman–Crippen LogP) is 1.02. The highest BCUT2D eigenvalue weighted by Gasteiger charge is 1.97. The molecule has 2 heterocycles. The number of hydrogen-bond acceptors (Lipinski definition) is 5. The molecule has 15 heavy (non-hydrogen) atoms. The van der Waals surface area contributed by atoms with E-state index in [-0.39, 0.29) is 0 Å². The minimum Gasteiger partial charge on any atom is -0.349 e. The van der Waals surface area contributed by atoms with Crippen molar-refractivity contribution in [1.29, 1.82) is 0 Å². The van der Waals surface area contributed by atoms with Gasteiger partial charge in [-0.3, -0.25) is 0 Å². The highest BCUT2D eigenvalue weighted by atomic mass is 19.1. The van der Waals surface area contributed by atoms with Crippen LogP contribution in [0.5, 0.6) is 0 Å². The van der Waals surface area contributed by atoms with E-state index in [1.165, 1.54) is 6.33 Å². The van der Waals surface area contributed by atoms with Gasteiger partial charge in [0.15, 0.2) is 5.82 Å². The Morgan fingerprint density at radius 1 is 1.20 bits per heavy atom. The van der Waals surface area contributed by atoms with Gasteiger partial charge in [0.05, 0.1) is 24.6 Å². The molecule has 0 aliphatic rings. The van der Waals surface area contributed by atoms with Crippen molar-refractivity contribution in [3.05, 3.63) is 42.5 Å². The molecule has 0 bridgehead atoms. The van der Waals surface area contributed by atoms with Gasteiger partial charge < -0.3 is 5.32 Å². The van der Waals surface area contributed by atoms with Crippen LogP contribution in [0.25, 0.3) is 0 Å². The minimum absolute atomic E-state index is 0.370. The van der Waals surface area contributed by atoms with Gasteiger partial charge in [-0.15, -0.1) is 0 Å². The standard InChI is InChI=1S/C9H8FN5/c10-7-3-12-9(13-4-7)14-5-8-1-2-11-6-15-8/h1-4,6H,5H2,(H,12,13,14). The van der Waals surface area contributed by atoms with Crippen molar-refractivity contribution in [1.82, 2.24) is 19.9 Å². The molecule has 5 nitrogen and oxygen atoms in total. The number of anilines is 1. The molecule has 2 rings (SSSR count). The number of halogens is 1. The Bertz CT molecular complexity index is 416. The zero-order valence-corrected chi connectivity index (χ0v) is 7.76. The van der Waals surface area contributed by atoms with E-state index in [9.17, 15) is 4.39 Å². The molecule has 0 fully saturated rings. The summed E-state index contributed by atoms with van der Waals surface area (Å²) >= 11 is 0. The fourth-order valence-corrected chi connectivity index (χ4v) is 0.996. The van der Waals surface area contributed by atoms with Gasteiger partial charge in [0.2, 0.25) is 5.95 Å². The van der Waals surface area contributed by atoms with Crippen LogP contribution in [0.3, 0.4) is 0 Å². The van der Waals surface area contributed by atoms with Crippen LogP contribution in [-0.2, 0) is 6.54 Å². The Morgan fingerprint density at radius 2 is 2.00 bits per heavy atom. The van der Waals surface area contributed by atoms with E-state index < -0.39 is 5.82 Å². The predicted molar refractivity (Wildman–Crippen MR) is 51.3 cm³/mol. The van der Waals surface area contributed by atoms with Gasteiger partial charge >= 0.3 is 0 Å². The Kier molecular flexibility index (Phi) is 2.77. The highest BCUT2D eigenvalue weighted by Crippen LogP contribution is 2.00. The first kappa shape index (κ1) is 9.45. The third-order valence-electron chi connectivity index (χ3n) is 1.69. The zero-order valence-electron chi connectivity index (χ0n) is 7.76. The summed E-state index contributed by atoms with van der Waals surface area (Å²) in [7, 11) is 0. The number of aromatic nitrogens is 4. The largest absolute Gasteiger partial charge is 0.349 e. The average Bonchev–Trinajstić information content (AvgIpc) is 2.30. The Balaban J connectivity index is 1.96. The lowest BCUT2D eigenvalue weighted by Gasteiger charge is -2.02. The van der Waals surface area contributed by atoms with E-state index in [0.717, 1.165) is 18.1 Å². The van der Waals surface area contributed by atoms with Crippen molar-refractivity contribution in [3.63, 3.8) is 0 Å². The fourth-order valence-electron chi connectivity index (χ4n) is 0.996. The Hall–Kier alpha value is -2.11. The third kappa shape index (κ3) is 2.67. The maximum Gasteiger partial charge on any atom is 0.223 e. The van der Waals surface area contributed by atoms with E-state index in [4.69, 9.17) is 0 Å². The van der Waals surface area contributed by atoms with Crippen molar-refractivity contribution in [2.24, 2.45) is 0 Å². The zero-order chi connectivity index (χ0) is 10.5. The maximum absolute atomic E-state index is 12.5. The number of nitrogens with zero attached hydrogens (tertiary/aromatic N) is 4. The van der Waals surface area contributed by atoms with Crippen LogP contribution < -0.4 is 5.32 Å². The monoisotopic (exact) mass is 205 g/mol. The fraction of sp³-hybridized carbons (Fsp3) is 0.111. The lowest BCUT2D eigenvalue weighted by molar-refractivity contribution is 0.614. The second kappa shape index (κ2) is 4.41. The Labute approximate surface area is 85.4 Å². The topological polar surface area (TPSA) is 63.6 Å². The van der Waals surface area contributed by atoms with Gasteiger partial charge in [0, 0.05) is 6.20 Å². The van der Waals surface area contributed by atoms with E-state index in [0.29, 0.717) is 12.5 Å². The molecule has 0 aliphatic carbocycles. The second-order valence-corrected chi connectivity index (χ2v) is 2.78. The normalized spacial score (nSPS) is 9.93. The van der Waals surface area contributed by atoms with Crippen molar-refractivity contribution in [2.45, 2.75) is 6.54 Å².